The van der Waals surface area contributed by atoms with E-state index < -0.39 is 0 Å². The first-order valence-electron chi connectivity index (χ1n) is 9.86. The minimum atomic E-state index is -0.218. The quantitative estimate of drug-likeness (QED) is 0.506. The molecule has 0 unspecified atom stereocenters. The highest BCUT2D eigenvalue weighted by Crippen LogP contribution is 2.31. The van der Waals surface area contributed by atoms with E-state index in [-0.39, 0.29) is 11.8 Å². The molecule has 0 spiro atoms. The minimum Gasteiger partial charge on any atom is -0.320 e. The Morgan fingerprint density at radius 1 is 0.967 bits per heavy atom. The Bertz CT molecular complexity index is 1220. The van der Waals surface area contributed by atoms with E-state index in [0.29, 0.717) is 22.8 Å². The van der Waals surface area contributed by atoms with Crippen LogP contribution in [0.5, 0.6) is 0 Å². The van der Waals surface area contributed by atoms with Crippen LogP contribution in [0.4, 0.5) is 11.4 Å². The van der Waals surface area contributed by atoms with Crippen molar-refractivity contribution >= 4 is 44.7 Å². The van der Waals surface area contributed by atoms with Crippen LogP contribution in [0.25, 0.3) is 10.2 Å². The molecule has 1 aliphatic heterocycles. The Morgan fingerprint density at radius 2 is 1.77 bits per heavy atom. The van der Waals surface area contributed by atoms with Gasteiger partial charge in [0.05, 0.1) is 10.2 Å². The molecule has 30 heavy (non-hydrogen) atoms. The zero-order chi connectivity index (χ0) is 20.5. The molecule has 1 aromatic heterocycles. The molecule has 0 fully saturated rings. The lowest BCUT2D eigenvalue weighted by Crippen LogP contribution is -2.35. The Morgan fingerprint density at radius 3 is 2.60 bits per heavy atom. The highest BCUT2D eigenvalue weighted by molar-refractivity contribution is 7.20. The summed E-state index contributed by atoms with van der Waals surface area (Å²) in [5.41, 5.74) is 4.19. The van der Waals surface area contributed by atoms with Gasteiger partial charge in [-0.3, -0.25) is 9.59 Å². The molecule has 0 bridgehead atoms. The van der Waals surface area contributed by atoms with Crippen LogP contribution in [0.3, 0.4) is 0 Å². The molecule has 4 aromatic rings. The molecule has 0 aliphatic carbocycles. The Balaban J connectivity index is 1.38. The van der Waals surface area contributed by atoms with Crippen molar-refractivity contribution < 1.29 is 9.59 Å². The number of para-hydroxylation sites is 1. The first-order valence-corrected chi connectivity index (χ1v) is 10.7. The van der Waals surface area contributed by atoms with E-state index in [1.807, 2.05) is 77.7 Å². The fourth-order valence-electron chi connectivity index (χ4n) is 3.78. The third kappa shape index (κ3) is 3.46. The van der Waals surface area contributed by atoms with Crippen LogP contribution in [-0.2, 0) is 6.42 Å². The second-order valence-electron chi connectivity index (χ2n) is 7.21. The van der Waals surface area contributed by atoms with Gasteiger partial charge in [0.1, 0.15) is 0 Å². The van der Waals surface area contributed by atoms with Crippen molar-refractivity contribution in [2.45, 2.75) is 12.8 Å². The van der Waals surface area contributed by atoms with Crippen molar-refractivity contribution in [1.82, 2.24) is 4.98 Å². The summed E-state index contributed by atoms with van der Waals surface area (Å²) >= 11 is 1.38. The average molecular weight is 414 g/mol. The Kier molecular flexibility index (Phi) is 4.77. The van der Waals surface area contributed by atoms with Gasteiger partial charge < -0.3 is 10.2 Å². The summed E-state index contributed by atoms with van der Waals surface area (Å²) in [6.45, 7) is 0.693. The molecular weight excluding hydrogens is 394 g/mol. The third-order valence-electron chi connectivity index (χ3n) is 5.21. The number of thiazole rings is 1. The van der Waals surface area contributed by atoms with Gasteiger partial charge in [-0.25, -0.2) is 4.98 Å². The van der Waals surface area contributed by atoms with Gasteiger partial charge in [-0.05, 0) is 60.9 Å². The van der Waals surface area contributed by atoms with Crippen molar-refractivity contribution in [3.8, 4) is 0 Å². The van der Waals surface area contributed by atoms with Crippen molar-refractivity contribution in [3.05, 3.63) is 88.9 Å². The maximum atomic E-state index is 12.9. The van der Waals surface area contributed by atoms with E-state index in [4.69, 9.17) is 0 Å². The molecule has 148 valence electrons. The fraction of sp³-hybridized carbons (Fsp3) is 0.125. The maximum Gasteiger partial charge on any atom is 0.284 e. The van der Waals surface area contributed by atoms with Crippen LogP contribution in [-0.4, -0.2) is 23.3 Å². The van der Waals surface area contributed by atoms with Crippen LogP contribution >= 0.6 is 11.3 Å². The molecule has 6 heteroatoms. The number of nitrogens with zero attached hydrogens (tertiary/aromatic N) is 2. The molecule has 3 aromatic carbocycles. The maximum absolute atomic E-state index is 12.9. The number of anilines is 2. The standard InChI is InChI=1S/C24H19N3O2S/c28-22(23-26-19-10-4-5-11-21(19)30-23)25-18-12-13-20-17(15-18)9-6-14-27(20)24(29)16-7-2-1-3-8-16/h1-5,7-8,10-13,15H,6,9,14H2,(H,25,28). The van der Waals surface area contributed by atoms with E-state index in [2.05, 4.69) is 10.3 Å². The van der Waals surface area contributed by atoms with Crippen molar-refractivity contribution in [1.29, 1.82) is 0 Å². The zero-order valence-electron chi connectivity index (χ0n) is 16.2. The summed E-state index contributed by atoms with van der Waals surface area (Å²) in [7, 11) is 0. The molecule has 0 atom stereocenters. The van der Waals surface area contributed by atoms with Gasteiger partial charge in [-0.15, -0.1) is 11.3 Å². The smallest absolute Gasteiger partial charge is 0.284 e. The van der Waals surface area contributed by atoms with Gasteiger partial charge in [0.15, 0.2) is 5.01 Å². The van der Waals surface area contributed by atoms with Gasteiger partial charge in [-0.2, -0.15) is 0 Å². The number of fused-ring (bicyclic) bond motifs is 2. The first-order chi connectivity index (χ1) is 14.7. The molecule has 0 saturated carbocycles. The van der Waals surface area contributed by atoms with Crippen LogP contribution in [0.2, 0.25) is 0 Å². The van der Waals surface area contributed by atoms with Crippen LogP contribution < -0.4 is 10.2 Å². The minimum absolute atomic E-state index is 0.00260. The van der Waals surface area contributed by atoms with Gasteiger partial charge in [0.2, 0.25) is 0 Å². The van der Waals surface area contributed by atoms with E-state index in [1.54, 1.807) is 0 Å². The monoisotopic (exact) mass is 413 g/mol. The molecule has 2 amide bonds. The summed E-state index contributed by atoms with van der Waals surface area (Å²) in [6.07, 6.45) is 1.76. The number of aryl methyl sites for hydroxylation is 1. The van der Waals surface area contributed by atoms with Gasteiger partial charge in [0.25, 0.3) is 11.8 Å². The lowest BCUT2D eigenvalue weighted by molar-refractivity contribution is 0.0983. The lowest BCUT2D eigenvalue weighted by Gasteiger charge is -2.30. The fourth-order valence-corrected chi connectivity index (χ4v) is 4.64. The second-order valence-corrected chi connectivity index (χ2v) is 8.24. The van der Waals surface area contributed by atoms with Crippen LogP contribution in [0, 0.1) is 0 Å². The highest BCUT2D eigenvalue weighted by atomic mass is 32.1. The number of aromatic nitrogens is 1. The molecule has 2 heterocycles. The van der Waals surface area contributed by atoms with E-state index in [1.165, 1.54) is 11.3 Å². The predicted octanol–water partition coefficient (Wildman–Crippen LogP) is 5.14. The van der Waals surface area contributed by atoms with Crippen molar-refractivity contribution in [3.63, 3.8) is 0 Å². The number of amides is 2. The number of hydrogen-bond acceptors (Lipinski definition) is 4. The molecular formula is C24H19N3O2S. The van der Waals surface area contributed by atoms with E-state index in [0.717, 1.165) is 34.3 Å². The first kappa shape index (κ1) is 18.5. The summed E-state index contributed by atoms with van der Waals surface area (Å²) < 4.78 is 0.989. The summed E-state index contributed by atoms with van der Waals surface area (Å²) in [6, 6.07) is 22.8. The van der Waals surface area contributed by atoms with Gasteiger partial charge >= 0.3 is 0 Å². The number of carbonyl (C=O) groups is 2. The summed E-state index contributed by atoms with van der Waals surface area (Å²) in [4.78, 5) is 31.9. The SMILES string of the molecule is O=C(Nc1ccc2c(c1)CCCN2C(=O)c1ccccc1)c1nc2ccccc2s1. The van der Waals surface area contributed by atoms with Crippen molar-refractivity contribution in [2.75, 3.05) is 16.8 Å². The van der Waals surface area contributed by atoms with Gasteiger partial charge in [0, 0.05) is 23.5 Å². The van der Waals surface area contributed by atoms with Crippen molar-refractivity contribution in [2.24, 2.45) is 0 Å². The number of nitrogens with one attached hydrogen (secondary N) is 1. The number of rotatable bonds is 3. The van der Waals surface area contributed by atoms with Crippen LogP contribution in [0.15, 0.2) is 72.8 Å². The predicted molar refractivity (Wildman–Crippen MR) is 120 cm³/mol. The number of benzene rings is 3. The number of hydrogen-bond donors (Lipinski definition) is 1. The molecule has 5 nitrogen and oxygen atoms in total. The van der Waals surface area contributed by atoms with Crippen LogP contribution in [0.1, 0.15) is 32.1 Å². The Hall–Kier alpha value is -3.51. The van der Waals surface area contributed by atoms with E-state index >= 15 is 0 Å². The normalized spacial score (nSPS) is 13.1. The lowest BCUT2D eigenvalue weighted by atomic mass is 10.00. The Labute approximate surface area is 178 Å². The van der Waals surface area contributed by atoms with E-state index in [9.17, 15) is 9.59 Å². The molecule has 0 radical (unpaired) electrons. The second kappa shape index (κ2) is 7.72. The van der Waals surface area contributed by atoms with Gasteiger partial charge in [-0.1, -0.05) is 30.3 Å². The summed E-state index contributed by atoms with van der Waals surface area (Å²) in [5, 5.41) is 3.39. The highest BCUT2D eigenvalue weighted by Gasteiger charge is 2.24. The molecule has 1 N–H and O–H groups in total. The average Bonchev–Trinajstić information content (AvgIpc) is 3.23. The zero-order valence-corrected chi connectivity index (χ0v) is 17.0. The molecule has 5 rings (SSSR count). The summed E-state index contributed by atoms with van der Waals surface area (Å²) in [5.74, 6) is -0.216. The largest absolute Gasteiger partial charge is 0.320 e. The number of carbonyl (C=O) groups excluding carboxylic acids is 2. The molecule has 0 saturated heterocycles. The topological polar surface area (TPSA) is 62.3 Å². The third-order valence-corrected chi connectivity index (χ3v) is 6.25. The molecule has 1 aliphatic rings.